The third-order valence-electron chi connectivity index (χ3n) is 4.06. The number of nitrogens with zero attached hydrogens (tertiary/aromatic N) is 1. The second kappa shape index (κ2) is 5.57. The molecule has 1 amide bonds. The Morgan fingerprint density at radius 2 is 1.90 bits per heavy atom. The van der Waals surface area contributed by atoms with Gasteiger partial charge in [0.25, 0.3) is 0 Å². The van der Waals surface area contributed by atoms with Gasteiger partial charge in [0.2, 0.25) is 5.91 Å². The maximum absolute atomic E-state index is 11.9. The van der Waals surface area contributed by atoms with Gasteiger partial charge in [-0.05, 0) is 40.8 Å². The largest absolute Gasteiger partial charge is 0.312 e. The molecule has 2 heteroatoms. The molecule has 1 heterocycles. The van der Waals surface area contributed by atoms with Crippen molar-refractivity contribution in [2.45, 2.75) is 19.8 Å². The van der Waals surface area contributed by atoms with Crippen LogP contribution >= 0.6 is 0 Å². The van der Waals surface area contributed by atoms with Gasteiger partial charge in [-0.3, -0.25) is 4.79 Å². The molecule has 0 N–H and O–H groups in total. The van der Waals surface area contributed by atoms with Gasteiger partial charge in [-0.1, -0.05) is 49.9 Å². The quantitative estimate of drug-likeness (QED) is 0.819. The van der Waals surface area contributed by atoms with Gasteiger partial charge >= 0.3 is 0 Å². The van der Waals surface area contributed by atoms with E-state index < -0.39 is 0 Å². The molecule has 0 aromatic heterocycles. The highest BCUT2D eigenvalue weighted by Gasteiger charge is 2.23. The number of carbonyl (C=O) groups excluding carboxylic acids is 1. The van der Waals surface area contributed by atoms with Gasteiger partial charge in [0.05, 0.1) is 0 Å². The summed E-state index contributed by atoms with van der Waals surface area (Å²) in [6.07, 6.45) is 3.35. The lowest BCUT2D eigenvalue weighted by molar-refractivity contribution is -0.118. The van der Waals surface area contributed by atoms with Crippen molar-refractivity contribution < 1.29 is 4.79 Å². The van der Waals surface area contributed by atoms with E-state index in [2.05, 4.69) is 49.0 Å². The Kier molecular flexibility index (Phi) is 3.61. The summed E-state index contributed by atoms with van der Waals surface area (Å²) in [4.78, 5) is 13.8. The highest BCUT2D eigenvalue weighted by Crippen LogP contribution is 2.32. The van der Waals surface area contributed by atoms with Crippen LogP contribution in [-0.4, -0.2) is 12.5 Å². The van der Waals surface area contributed by atoms with Crippen LogP contribution in [0.3, 0.4) is 0 Å². The number of benzene rings is 2. The van der Waals surface area contributed by atoms with Crippen LogP contribution in [0, 0.1) is 0 Å². The van der Waals surface area contributed by atoms with Crippen molar-refractivity contribution in [3.05, 3.63) is 60.2 Å². The Morgan fingerprint density at radius 3 is 2.57 bits per heavy atom. The minimum atomic E-state index is 0.205. The molecule has 0 spiro atoms. The lowest BCUT2D eigenvalue weighted by Crippen LogP contribution is -2.27. The average Bonchev–Trinajstić information content (AvgIpc) is 2.97. The maximum Gasteiger partial charge on any atom is 0.226 e. The topological polar surface area (TPSA) is 20.3 Å². The van der Waals surface area contributed by atoms with Crippen LogP contribution in [0.15, 0.2) is 49.0 Å². The average molecular weight is 277 g/mol. The molecule has 1 aliphatic heterocycles. The summed E-state index contributed by atoms with van der Waals surface area (Å²) in [5.41, 5.74) is 5.87. The van der Waals surface area contributed by atoms with Gasteiger partial charge in [-0.15, -0.1) is 0 Å². The molecule has 0 atom stereocenters. The SMILES string of the molecule is C=Cc1ccc(-c2ccc3c(c2)CCN3C(=O)CC)cc1. The zero-order valence-corrected chi connectivity index (χ0v) is 12.3. The number of rotatable bonds is 3. The van der Waals surface area contributed by atoms with Crippen LogP contribution in [0.2, 0.25) is 0 Å². The zero-order valence-electron chi connectivity index (χ0n) is 12.3. The molecule has 0 fully saturated rings. The van der Waals surface area contributed by atoms with E-state index in [0.29, 0.717) is 6.42 Å². The maximum atomic E-state index is 11.9. The van der Waals surface area contributed by atoms with Gasteiger partial charge in [0.15, 0.2) is 0 Å². The molecular formula is C19H19NO. The highest BCUT2D eigenvalue weighted by atomic mass is 16.2. The van der Waals surface area contributed by atoms with Gasteiger partial charge in [-0.2, -0.15) is 0 Å². The fourth-order valence-corrected chi connectivity index (χ4v) is 2.84. The summed E-state index contributed by atoms with van der Waals surface area (Å²) < 4.78 is 0. The van der Waals surface area contributed by atoms with E-state index in [1.807, 2.05) is 17.9 Å². The van der Waals surface area contributed by atoms with E-state index in [4.69, 9.17) is 0 Å². The van der Waals surface area contributed by atoms with Crippen molar-refractivity contribution in [2.24, 2.45) is 0 Å². The first-order chi connectivity index (χ1) is 10.2. The van der Waals surface area contributed by atoms with E-state index in [-0.39, 0.29) is 5.91 Å². The number of fused-ring (bicyclic) bond motifs is 1. The molecule has 1 aliphatic rings. The molecule has 0 radical (unpaired) electrons. The van der Waals surface area contributed by atoms with Crippen LogP contribution < -0.4 is 4.90 Å². The summed E-state index contributed by atoms with van der Waals surface area (Å²) in [5, 5.41) is 0. The third-order valence-corrected chi connectivity index (χ3v) is 4.06. The summed E-state index contributed by atoms with van der Waals surface area (Å²) >= 11 is 0. The van der Waals surface area contributed by atoms with Gasteiger partial charge in [-0.25, -0.2) is 0 Å². The monoisotopic (exact) mass is 277 g/mol. The minimum Gasteiger partial charge on any atom is -0.312 e. The van der Waals surface area contributed by atoms with E-state index >= 15 is 0 Å². The van der Waals surface area contributed by atoms with Crippen molar-refractivity contribution in [1.82, 2.24) is 0 Å². The van der Waals surface area contributed by atoms with Gasteiger partial charge in [0, 0.05) is 18.7 Å². The van der Waals surface area contributed by atoms with Crippen molar-refractivity contribution in [1.29, 1.82) is 0 Å². The first-order valence-corrected chi connectivity index (χ1v) is 7.39. The molecule has 21 heavy (non-hydrogen) atoms. The standard InChI is InChI=1S/C19H19NO/c1-3-14-5-7-15(8-6-14)16-9-10-18-17(13-16)11-12-20(18)19(21)4-2/h3,5-10,13H,1,4,11-12H2,2H3. The zero-order chi connectivity index (χ0) is 14.8. The number of amides is 1. The molecule has 0 saturated heterocycles. The second-order valence-electron chi connectivity index (χ2n) is 5.32. The summed E-state index contributed by atoms with van der Waals surface area (Å²) in [6, 6.07) is 14.8. The molecular weight excluding hydrogens is 258 g/mol. The molecule has 2 nitrogen and oxygen atoms in total. The van der Waals surface area contributed by atoms with E-state index in [0.717, 1.165) is 24.2 Å². The second-order valence-corrected chi connectivity index (χ2v) is 5.32. The first-order valence-electron chi connectivity index (χ1n) is 7.39. The number of anilines is 1. The molecule has 0 aliphatic carbocycles. The number of hydrogen-bond donors (Lipinski definition) is 0. The van der Waals surface area contributed by atoms with Crippen LogP contribution in [0.4, 0.5) is 5.69 Å². The van der Waals surface area contributed by atoms with Gasteiger partial charge < -0.3 is 4.90 Å². The Balaban J connectivity index is 1.93. The fraction of sp³-hybridized carbons (Fsp3) is 0.211. The molecule has 106 valence electrons. The van der Waals surface area contributed by atoms with Crippen molar-refractivity contribution in [3.63, 3.8) is 0 Å². The predicted octanol–water partition coefficient (Wildman–Crippen LogP) is 4.30. The number of carbonyl (C=O) groups is 1. The molecule has 3 rings (SSSR count). The van der Waals surface area contributed by atoms with Crippen molar-refractivity contribution in [2.75, 3.05) is 11.4 Å². The molecule has 0 saturated carbocycles. The van der Waals surface area contributed by atoms with E-state index in [1.54, 1.807) is 0 Å². The highest BCUT2D eigenvalue weighted by molar-refractivity contribution is 5.95. The summed E-state index contributed by atoms with van der Waals surface area (Å²) in [6.45, 7) is 6.49. The van der Waals surface area contributed by atoms with Crippen molar-refractivity contribution >= 4 is 17.7 Å². The van der Waals surface area contributed by atoms with Crippen LogP contribution in [0.1, 0.15) is 24.5 Å². The Labute approximate surface area is 125 Å². The smallest absolute Gasteiger partial charge is 0.226 e. The third kappa shape index (κ3) is 2.49. The minimum absolute atomic E-state index is 0.205. The van der Waals surface area contributed by atoms with E-state index in [1.165, 1.54) is 16.7 Å². The Bertz CT molecular complexity index is 685. The predicted molar refractivity (Wildman–Crippen MR) is 88.3 cm³/mol. The first kappa shape index (κ1) is 13.6. The molecule has 0 bridgehead atoms. The Morgan fingerprint density at radius 1 is 1.19 bits per heavy atom. The summed E-state index contributed by atoms with van der Waals surface area (Å²) in [7, 11) is 0. The summed E-state index contributed by atoms with van der Waals surface area (Å²) in [5.74, 6) is 0.205. The van der Waals surface area contributed by atoms with Gasteiger partial charge in [0.1, 0.15) is 0 Å². The fourth-order valence-electron chi connectivity index (χ4n) is 2.84. The van der Waals surface area contributed by atoms with Crippen LogP contribution in [0.5, 0.6) is 0 Å². The van der Waals surface area contributed by atoms with Crippen LogP contribution in [-0.2, 0) is 11.2 Å². The van der Waals surface area contributed by atoms with Crippen LogP contribution in [0.25, 0.3) is 17.2 Å². The number of hydrogen-bond acceptors (Lipinski definition) is 1. The Hall–Kier alpha value is -2.35. The molecule has 2 aromatic rings. The molecule has 2 aromatic carbocycles. The normalized spacial score (nSPS) is 13.1. The lowest BCUT2D eigenvalue weighted by atomic mass is 10.0. The van der Waals surface area contributed by atoms with E-state index in [9.17, 15) is 4.79 Å². The van der Waals surface area contributed by atoms with Crippen molar-refractivity contribution in [3.8, 4) is 11.1 Å². The lowest BCUT2D eigenvalue weighted by Gasteiger charge is -2.16. The molecule has 0 unspecified atom stereocenters.